The van der Waals surface area contributed by atoms with Crippen LogP contribution in [-0.4, -0.2) is 0 Å². The van der Waals surface area contributed by atoms with Crippen LogP contribution in [0.5, 0.6) is 0 Å². The molecule has 0 heterocycles. The Kier molecular flexibility index (Phi) is 7.90. The summed E-state index contributed by atoms with van der Waals surface area (Å²) in [5.74, 6) is 0. The summed E-state index contributed by atoms with van der Waals surface area (Å²) >= 11 is 0. The van der Waals surface area contributed by atoms with Gasteiger partial charge in [0.05, 0.1) is 0 Å². The highest BCUT2D eigenvalue weighted by molar-refractivity contribution is 5.77. The third-order valence-corrected chi connectivity index (χ3v) is 5.83. The first kappa shape index (κ1) is 21.9. The molecule has 3 rings (SSSR count). The van der Waals surface area contributed by atoms with Gasteiger partial charge in [-0.05, 0) is 105 Å². The second kappa shape index (κ2) is 10.8. The van der Waals surface area contributed by atoms with E-state index in [0.29, 0.717) is 0 Å². The van der Waals surface area contributed by atoms with E-state index in [4.69, 9.17) is 0 Å². The Labute approximate surface area is 183 Å². The Balaban J connectivity index is 1.93. The van der Waals surface area contributed by atoms with Crippen LogP contribution in [0.25, 0.3) is 0 Å². The number of benzene rings is 3. The van der Waals surface area contributed by atoms with Crippen LogP contribution in [0.15, 0.2) is 79.4 Å². The molecule has 0 bridgehead atoms. The maximum absolute atomic E-state index is 3.83. The summed E-state index contributed by atoms with van der Waals surface area (Å²) in [5, 5.41) is 0. The van der Waals surface area contributed by atoms with E-state index in [1.807, 2.05) is 6.08 Å². The van der Waals surface area contributed by atoms with Crippen LogP contribution in [0, 0.1) is 13.8 Å². The molecule has 1 heteroatoms. The fourth-order valence-electron chi connectivity index (χ4n) is 3.77. The average Bonchev–Trinajstić information content (AvgIpc) is 2.77. The van der Waals surface area contributed by atoms with Crippen molar-refractivity contribution in [2.75, 3.05) is 4.90 Å². The lowest BCUT2D eigenvalue weighted by Crippen LogP contribution is -2.10. The molecule has 0 saturated heterocycles. The van der Waals surface area contributed by atoms with E-state index in [1.165, 1.54) is 52.2 Å². The number of unbranched alkanes of at least 4 members (excludes halogenated alkanes) is 2. The van der Waals surface area contributed by atoms with Crippen molar-refractivity contribution >= 4 is 17.1 Å². The number of hydrogen-bond acceptors (Lipinski definition) is 1. The van der Waals surface area contributed by atoms with E-state index >= 15 is 0 Å². The van der Waals surface area contributed by atoms with Gasteiger partial charge in [-0.25, -0.2) is 0 Å². The number of aryl methyl sites for hydroxylation is 4. The second-order valence-corrected chi connectivity index (χ2v) is 8.22. The Morgan fingerprint density at radius 2 is 1.23 bits per heavy atom. The topological polar surface area (TPSA) is 3.24 Å². The molecule has 0 fully saturated rings. The normalized spacial score (nSPS) is 10.8. The first-order valence-electron chi connectivity index (χ1n) is 11.3. The predicted molar refractivity (Wildman–Crippen MR) is 132 cm³/mol. The molecule has 3 aromatic rings. The highest BCUT2D eigenvalue weighted by Gasteiger charge is 2.13. The largest absolute Gasteiger partial charge is 0.310 e. The van der Waals surface area contributed by atoms with Gasteiger partial charge in [-0.15, -0.1) is 6.58 Å². The summed E-state index contributed by atoms with van der Waals surface area (Å²) in [4.78, 5) is 2.36. The zero-order chi connectivity index (χ0) is 21.3. The van der Waals surface area contributed by atoms with Gasteiger partial charge in [0.2, 0.25) is 0 Å². The van der Waals surface area contributed by atoms with Crippen LogP contribution < -0.4 is 4.90 Å². The van der Waals surface area contributed by atoms with Crippen molar-refractivity contribution in [3.05, 3.63) is 102 Å². The number of nitrogens with zero attached hydrogens (tertiary/aromatic N) is 1. The smallest absolute Gasteiger partial charge is 0.0464 e. The van der Waals surface area contributed by atoms with Crippen LogP contribution in [0.2, 0.25) is 0 Å². The summed E-state index contributed by atoms with van der Waals surface area (Å²) in [7, 11) is 0. The molecule has 0 aromatic heterocycles. The zero-order valence-electron chi connectivity index (χ0n) is 18.8. The highest BCUT2D eigenvalue weighted by atomic mass is 15.1. The maximum Gasteiger partial charge on any atom is 0.0464 e. The molecule has 0 spiro atoms. The quantitative estimate of drug-likeness (QED) is 0.244. The van der Waals surface area contributed by atoms with Crippen molar-refractivity contribution in [2.45, 2.75) is 59.3 Å². The summed E-state index contributed by atoms with van der Waals surface area (Å²) in [5.41, 5.74) is 9.06. The maximum atomic E-state index is 3.83. The monoisotopic (exact) mass is 397 g/mol. The molecule has 0 aliphatic rings. The summed E-state index contributed by atoms with van der Waals surface area (Å²) in [6.07, 6.45) is 8.95. The molecule has 3 aromatic carbocycles. The Hall–Kier alpha value is -2.80. The minimum atomic E-state index is 1.07. The van der Waals surface area contributed by atoms with Gasteiger partial charge < -0.3 is 4.90 Å². The number of allylic oxidation sites excluding steroid dienone is 1. The number of rotatable bonds is 10. The van der Waals surface area contributed by atoms with Crippen LogP contribution >= 0.6 is 0 Å². The standard InChI is InChI=1S/C29H35N/c1-5-7-9-11-26-15-20-28(21-16-26)30(29-17-12-23(3)24(4)22-29)27-18-13-25(14-19-27)10-8-6-2/h5,12-22H,1,6-11H2,2-4H3. The van der Waals surface area contributed by atoms with E-state index in [2.05, 4.69) is 99.0 Å². The molecule has 1 nitrogen and oxygen atoms in total. The fraction of sp³-hybridized carbons (Fsp3) is 0.310. The van der Waals surface area contributed by atoms with E-state index < -0.39 is 0 Å². The SMILES string of the molecule is C=CCCCc1ccc(N(c2ccc(CCCC)cc2)c2ccc(C)c(C)c2)cc1. The van der Waals surface area contributed by atoms with Gasteiger partial charge in [-0.3, -0.25) is 0 Å². The molecular weight excluding hydrogens is 362 g/mol. The van der Waals surface area contributed by atoms with Gasteiger partial charge in [0.25, 0.3) is 0 Å². The minimum Gasteiger partial charge on any atom is -0.310 e. The van der Waals surface area contributed by atoms with Crippen molar-refractivity contribution in [2.24, 2.45) is 0 Å². The van der Waals surface area contributed by atoms with E-state index in [-0.39, 0.29) is 0 Å². The van der Waals surface area contributed by atoms with Crippen molar-refractivity contribution in [3.8, 4) is 0 Å². The van der Waals surface area contributed by atoms with Crippen molar-refractivity contribution in [3.63, 3.8) is 0 Å². The summed E-state index contributed by atoms with van der Waals surface area (Å²) in [6.45, 7) is 10.4. The lowest BCUT2D eigenvalue weighted by Gasteiger charge is -2.26. The fourth-order valence-corrected chi connectivity index (χ4v) is 3.77. The van der Waals surface area contributed by atoms with Crippen LogP contribution in [0.3, 0.4) is 0 Å². The number of hydrogen-bond donors (Lipinski definition) is 0. The second-order valence-electron chi connectivity index (χ2n) is 8.22. The lowest BCUT2D eigenvalue weighted by atomic mass is 10.0. The van der Waals surface area contributed by atoms with Crippen molar-refractivity contribution in [1.82, 2.24) is 0 Å². The molecule has 156 valence electrons. The first-order valence-corrected chi connectivity index (χ1v) is 11.3. The summed E-state index contributed by atoms with van der Waals surface area (Å²) < 4.78 is 0. The molecule has 0 unspecified atom stereocenters. The highest BCUT2D eigenvalue weighted by Crippen LogP contribution is 2.35. The average molecular weight is 398 g/mol. The predicted octanol–water partition coefficient (Wildman–Crippen LogP) is 8.62. The van der Waals surface area contributed by atoms with Crippen LogP contribution in [0.4, 0.5) is 17.1 Å². The van der Waals surface area contributed by atoms with Gasteiger partial charge in [0.15, 0.2) is 0 Å². The Bertz CT molecular complexity index is 935. The summed E-state index contributed by atoms with van der Waals surface area (Å²) in [6, 6.07) is 24.9. The molecule has 0 N–H and O–H groups in total. The Morgan fingerprint density at radius 1 is 0.700 bits per heavy atom. The van der Waals surface area contributed by atoms with E-state index in [0.717, 1.165) is 25.7 Å². The van der Waals surface area contributed by atoms with E-state index in [1.54, 1.807) is 0 Å². The molecule has 0 saturated carbocycles. The lowest BCUT2D eigenvalue weighted by molar-refractivity contribution is 0.795. The van der Waals surface area contributed by atoms with E-state index in [9.17, 15) is 0 Å². The minimum absolute atomic E-state index is 1.07. The Morgan fingerprint density at radius 3 is 1.73 bits per heavy atom. The first-order chi connectivity index (χ1) is 14.6. The molecule has 0 amide bonds. The molecule has 0 radical (unpaired) electrons. The third kappa shape index (κ3) is 5.63. The van der Waals surface area contributed by atoms with Crippen molar-refractivity contribution < 1.29 is 0 Å². The third-order valence-electron chi connectivity index (χ3n) is 5.83. The molecule has 0 aliphatic carbocycles. The van der Waals surface area contributed by atoms with Gasteiger partial charge in [0.1, 0.15) is 0 Å². The zero-order valence-corrected chi connectivity index (χ0v) is 18.8. The number of anilines is 3. The van der Waals surface area contributed by atoms with Gasteiger partial charge in [0, 0.05) is 17.1 Å². The van der Waals surface area contributed by atoms with Crippen LogP contribution in [-0.2, 0) is 12.8 Å². The molecule has 30 heavy (non-hydrogen) atoms. The van der Waals surface area contributed by atoms with Gasteiger partial charge >= 0.3 is 0 Å². The molecule has 0 atom stereocenters. The van der Waals surface area contributed by atoms with Gasteiger partial charge in [-0.2, -0.15) is 0 Å². The molecule has 0 aliphatic heterocycles. The van der Waals surface area contributed by atoms with Crippen LogP contribution in [0.1, 0.15) is 54.9 Å². The van der Waals surface area contributed by atoms with Gasteiger partial charge in [-0.1, -0.05) is 49.8 Å². The molecular formula is C29H35N. The van der Waals surface area contributed by atoms with Crippen molar-refractivity contribution in [1.29, 1.82) is 0 Å².